The first kappa shape index (κ1) is 23.1. The number of halogens is 3. The minimum Gasteiger partial charge on any atom is -0.493 e. The summed E-state index contributed by atoms with van der Waals surface area (Å²) >= 11 is 0. The Hall–Kier alpha value is -3.09. The minimum absolute atomic E-state index is 0.201. The molecular weight excluding hydrogens is 467 g/mol. The highest BCUT2D eigenvalue weighted by molar-refractivity contribution is 7.88. The lowest BCUT2D eigenvalue weighted by Crippen LogP contribution is -2.29. The van der Waals surface area contributed by atoms with Crippen molar-refractivity contribution in [3.63, 3.8) is 0 Å². The Morgan fingerprint density at radius 3 is 2.30 bits per heavy atom. The topological polar surface area (TPSA) is 115 Å². The van der Waals surface area contributed by atoms with Crippen LogP contribution in [-0.4, -0.2) is 35.8 Å². The van der Waals surface area contributed by atoms with Crippen LogP contribution in [0.5, 0.6) is 11.5 Å². The number of pyridine rings is 1. The van der Waals surface area contributed by atoms with E-state index in [1.165, 1.54) is 23.8 Å². The van der Waals surface area contributed by atoms with E-state index in [2.05, 4.69) is 4.18 Å². The number of aryl methyl sites for hydroxylation is 1. The number of methoxy groups -OCH3 is 1. The summed E-state index contributed by atoms with van der Waals surface area (Å²) in [4.78, 5) is 13.1. The summed E-state index contributed by atoms with van der Waals surface area (Å²) in [6.07, 6.45) is 0.331. The van der Waals surface area contributed by atoms with E-state index >= 15 is 0 Å². The molecule has 0 atom stereocenters. The van der Waals surface area contributed by atoms with Crippen molar-refractivity contribution >= 4 is 20.9 Å². The maximum absolute atomic E-state index is 13.1. The predicted molar refractivity (Wildman–Crippen MR) is 111 cm³/mol. The summed E-state index contributed by atoms with van der Waals surface area (Å²) in [5, 5.41) is 19.8. The molecule has 0 saturated heterocycles. The molecule has 3 aromatic rings. The molecule has 2 heterocycles. The number of aromatic nitrogens is 1. The van der Waals surface area contributed by atoms with Gasteiger partial charge >= 0.3 is 15.6 Å². The van der Waals surface area contributed by atoms with Gasteiger partial charge in [-0.15, -0.1) is 0 Å². The first-order valence-corrected chi connectivity index (χ1v) is 11.0. The van der Waals surface area contributed by atoms with E-state index in [9.17, 15) is 36.6 Å². The summed E-state index contributed by atoms with van der Waals surface area (Å²) in [5.74, 6) is -0.866. The Labute approximate surface area is 185 Å². The van der Waals surface area contributed by atoms with Crippen molar-refractivity contribution in [3.8, 4) is 22.8 Å². The van der Waals surface area contributed by atoms with Gasteiger partial charge in [0.25, 0.3) is 5.56 Å². The molecule has 4 rings (SSSR count). The smallest absolute Gasteiger partial charge is 0.493 e. The van der Waals surface area contributed by atoms with Gasteiger partial charge in [-0.25, -0.2) is 0 Å². The van der Waals surface area contributed by atoms with Crippen LogP contribution in [0.2, 0.25) is 0 Å². The van der Waals surface area contributed by atoms with Gasteiger partial charge in [0.2, 0.25) is 0 Å². The van der Waals surface area contributed by atoms with Crippen molar-refractivity contribution in [1.29, 1.82) is 0 Å². The molecule has 0 saturated carbocycles. The summed E-state index contributed by atoms with van der Waals surface area (Å²) in [6.45, 7) is -0.479. The number of aliphatic hydroxyl groups is 2. The van der Waals surface area contributed by atoms with Crippen molar-refractivity contribution in [2.24, 2.45) is 0 Å². The molecule has 0 fully saturated rings. The molecule has 2 aromatic carbocycles. The van der Waals surface area contributed by atoms with Gasteiger partial charge in [0.05, 0.1) is 26.0 Å². The fraction of sp³-hybridized carbons (Fsp3) is 0.286. The van der Waals surface area contributed by atoms with Crippen LogP contribution in [-0.2, 0) is 36.3 Å². The van der Waals surface area contributed by atoms with Crippen LogP contribution in [0.3, 0.4) is 0 Å². The van der Waals surface area contributed by atoms with Crippen molar-refractivity contribution in [1.82, 2.24) is 4.57 Å². The molecule has 1 aliphatic heterocycles. The quantitative estimate of drug-likeness (QED) is 0.421. The first-order chi connectivity index (χ1) is 15.5. The van der Waals surface area contributed by atoms with Gasteiger partial charge in [-0.2, -0.15) is 21.6 Å². The standard InChI is InChI=1S/C21H18F3NO7S/c1-31-18-7-11-2-3-25-17(15(11)8-19(18)32-33(29,30)21(22,23)24)6-12-4-13(9-26)14(10-27)5-16(12)20(25)28/h4-8,26-27H,2-3,9-10H2,1H3. The lowest BCUT2D eigenvalue weighted by molar-refractivity contribution is -0.0500. The third-order valence-electron chi connectivity index (χ3n) is 5.52. The number of hydrogen-bond donors (Lipinski definition) is 2. The largest absolute Gasteiger partial charge is 0.534 e. The zero-order chi connectivity index (χ0) is 24.1. The van der Waals surface area contributed by atoms with Gasteiger partial charge in [0.1, 0.15) is 0 Å². The SMILES string of the molecule is COc1cc2c(cc1OS(=O)(=O)C(F)(F)F)-c1cc3cc(CO)c(CO)cc3c(=O)n1CC2. The average molecular weight is 485 g/mol. The van der Waals surface area contributed by atoms with Crippen molar-refractivity contribution in [2.45, 2.75) is 31.7 Å². The molecule has 1 aliphatic rings. The van der Waals surface area contributed by atoms with Gasteiger partial charge in [-0.3, -0.25) is 4.79 Å². The van der Waals surface area contributed by atoms with Crippen LogP contribution in [0.25, 0.3) is 22.0 Å². The van der Waals surface area contributed by atoms with Crippen LogP contribution >= 0.6 is 0 Å². The molecule has 176 valence electrons. The molecule has 0 unspecified atom stereocenters. The van der Waals surface area contributed by atoms with E-state index < -0.39 is 26.9 Å². The van der Waals surface area contributed by atoms with E-state index in [1.54, 1.807) is 12.1 Å². The van der Waals surface area contributed by atoms with Crippen LogP contribution in [0.1, 0.15) is 16.7 Å². The Balaban J connectivity index is 1.95. The molecular formula is C21H18F3NO7S. The van der Waals surface area contributed by atoms with Gasteiger partial charge in [0.15, 0.2) is 11.5 Å². The minimum atomic E-state index is -5.95. The molecule has 2 N–H and O–H groups in total. The number of rotatable bonds is 5. The average Bonchev–Trinajstić information content (AvgIpc) is 2.77. The molecule has 8 nitrogen and oxygen atoms in total. The number of aliphatic hydroxyl groups excluding tert-OH is 2. The highest BCUT2D eigenvalue weighted by Gasteiger charge is 2.49. The van der Waals surface area contributed by atoms with E-state index in [0.717, 1.165) is 6.07 Å². The van der Waals surface area contributed by atoms with Crippen molar-refractivity contribution in [2.75, 3.05) is 7.11 Å². The zero-order valence-electron chi connectivity index (χ0n) is 17.1. The number of benzene rings is 2. The lowest BCUT2D eigenvalue weighted by atomic mass is 9.94. The summed E-state index contributed by atoms with van der Waals surface area (Å²) in [6, 6.07) is 7.13. The van der Waals surface area contributed by atoms with Crippen molar-refractivity contribution in [3.05, 3.63) is 57.4 Å². The summed E-state index contributed by atoms with van der Waals surface area (Å²) in [5.41, 5.74) is -3.94. The Morgan fingerprint density at radius 2 is 1.70 bits per heavy atom. The van der Waals surface area contributed by atoms with Crippen LogP contribution < -0.4 is 14.5 Å². The molecule has 33 heavy (non-hydrogen) atoms. The number of fused-ring (bicyclic) bond motifs is 4. The highest BCUT2D eigenvalue weighted by atomic mass is 32.2. The van der Waals surface area contributed by atoms with Crippen LogP contribution in [0, 0.1) is 0 Å². The molecule has 0 amide bonds. The molecule has 0 spiro atoms. The third kappa shape index (κ3) is 3.83. The number of nitrogens with zero attached hydrogens (tertiary/aromatic N) is 1. The first-order valence-electron chi connectivity index (χ1n) is 9.63. The molecule has 0 aliphatic carbocycles. The Kier molecular flexibility index (Phi) is 5.63. The van der Waals surface area contributed by atoms with E-state index in [4.69, 9.17) is 4.74 Å². The fourth-order valence-electron chi connectivity index (χ4n) is 3.90. The van der Waals surface area contributed by atoms with Gasteiger partial charge in [-0.1, -0.05) is 0 Å². The lowest BCUT2D eigenvalue weighted by Gasteiger charge is -2.24. The van der Waals surface area contributed by atoms with E-state index in [0.29, 0.717) is 45.1 Å². The summed E-state index contributed by atoms with van der Waals surface area (Å²) < 4.78 is 72.5. The van der Waals surface area contributed by atoms with Gasteiger partial charge in [-0.05, 0) is 58.8 Å². The predicted octanol–water partition coefficient (Wildman–Crippen LogP) is 2.45. The number of ether oxygens (including phenoxy) is 1. The fourth-order valence-corrected chi connectivity index (χ4v) is 4.36. The highest BCUT2D eigenvalue weighted by Crippen LogP contribution is 2.41. The Bertz CT molecular complexity index is 1430. The van der Waals surface area contributed by atoms with Crippen LogP contribution in [0.15, 0.2) is 35.1 Å². The second-order valence-electron chi connectivity index (χ2n) is 7.40. The number of hydrogen-bond acceptors (Lipinski definition) is 7. The van der Waals surface area contributed by atoms with Gasteiger partial charge in [0, 0.05) is 17.5 Å². The second kappa shape index (κ2) is 8.04. The third-order valence-corrected chi connectivity index (χ3v) is 6.49. The van der Waals surface area contributed by atoms with E-state index in [-0.39, 0.29) is 25.5 Å². The van der Waals surface area contributed by atoms with Gasteiger partial charge < -0.3 is 23.7 Å². The monoisotopic (exact) mass is 485 g/mol. The maximum Gasteiger partial charge on any atom is 0.534 e. The molecule has 0 radical (unpaired) electrons. The number of alkyl halides is 3. The second-order valence-corrected chi connectivity index (χ2v) is 8.94. The summed E-state index contributed by atoms with van der Waals surface area (Å²) in [7, 11) is -4.78. The molecule has 1 aromatic heterocycles. The maximum atomic E-state index is 13.1. The zero-order valence-corrected chi connectivity index (χ0v) is 18.0. The normalized spacial score (nSPS) is 13.5. The molecule has 0 bridgehead atoms. The van der Waals surface area contributed by atoms with Crippen LogP contribution in [0.4, 0.5) is 13.2 Å². The molecule has 12 heteroatoms. The Morgan fingerprint density at radius 1 is 1.03 bits per heavy atom. The van der Waals surface area contributed by atoms with Crippen molar-refractivity contribution < 1.29 is 40.7 Å². The van der Waals surface area contributed by atoms with E-state index in [1.807, 2.05) is 0 Å².